The van der Waals surface area contributed by atoms with Crippen LogP contribution in [0.15, 0.2) is 0 Å². The van der Waals surface area contributed by atoms with Gasteiger partial charge < -0.3 is 20.6 Å². The predicted molar refractivity (Wildman–Crippen MR) is 74.9 cm³/mol. The SMILES string of the molecule is CCCCCCCCCCCC[NH2+]C.O=[N+]([O-])[O-]. The van der Waals surface area contributed by atoms with E-state index in [2.05, 4.69) is 19.3 Å². The van der Waals surface area contributed by atoms with E-state index in [4.69, 9.17) is 15.3 Å². The van der Waals surface area contributed by atoms with Crippen molar-refractivity contribution in [3.63, 3.8) is 0 Å². The van der Waals surface area contributed by atoms with Crippen LogP contribution in [0.2, 0.25) is 0 Å². The molecule has 110 valence electrons. The van der Waals surface area contributed by atoms with Crippen molar-refractivity contribution in [1.82, 2.24) is 0 Å². The van der Waals surface area contributed by atoms with Crippen molar-refractivity contribution in [2.75, 3.05) is 13.6 Å². The van der Waals surface area contributed by atoms with Crippen molar-refractivity contribution in [2.24, 2.45) is 0 Å². The number of rotatable bonds is 11. The Morgan fingerprint density at radius 3 is 1.50 bits per heavy atom. The molecule has 18 heavy (non-hydrogen) atoms. The molecule has 2 N–H and O–H groups in total. The molecule has 0 aliphatic carbocycles. The molecule has 0 aliphatic rings. The van der Waals surface area contributed by atoms with Crippen LogP contribution < -0.4 is 5.32 Å². The Balaban J connectivity index is 0. The van der Waals surface area contributed by atoms with E-state index >= 15 is 0 Å². The zero-order valence-electron chi connectivity index (χ0n) is 12.0. The van der Waals surface area contributed by atoms with Crippen LogP contribution in [0.4, 0.5) is 0 Å². The third-order valence-electron chi connectivity index (χ3n) is 2.85. The first-order valence-corrected chi connectivity index (χ1v) is 7.24. The minimum Gasteiger partial charge on any atom is -0.356 e. The highest BCUT2D eigenvalue weighted by Gasteiger charge is 1.92. The minimum absolute atomic E-state index is 1.32. The number of hydrogen-bond acceptors (Lipinski definition) is 3. The molecule has 5 heteroatoms. The monoisotopic (exact) mass is 262 g/mol. The van der Waals surface area contributed by atoms with Crippen LogP contribution in [0.5, 0.6) is 0 Å². The maximum atomic E-state index is 8.25. The first kappa shape index (κ1) is 19.5. The fraction of sp³-hybridized carbons (Fsp3) is 1.00. The quantitative estimate of drug-likeness (QED) is 0.353. The zero-order chi connectivity index (χ0) is 14.1. The Morgan fingerprint density at radius 2 is 1.17 bits per heavy atom. The molecular weight excluding hydrogens is 232 g/mol. The van der Waals surface area contributed by atoms with Crippen LogP contribution in [-0.2, 0) is 0 Å². The van der Waals surface area contributed by atoms with E-state index in [0.717, 1.165) is 0 Å². The topological polar surface area (TPSA) is 82.8 Å². The van der Waals surface area contributed by atoms with Crippen LogP contribution in [0.1, 0.15) is 71.1 Å². The van der Waals surface area contributed by atoms with Crippen molar-refractivity contribution < 1.29 is 10.4 Å². The molecule has 0 aromatic rings. The number of hydrogen-bond donors (Lipinski definition) is 1. The molecule has 0 heterocycles. The van der Waals surface area contributed by atoms with Crippen molar-refractivity contribution in [1.29, 1.82) is 0 Å². The smallest absolute Gasteiger partial charge is 0.0753 e. The number of nitrogens with two attached hydrogens (primary N) is 1. The second kappa shape index (κ2) is 18.5. The maximum absolute atomic E-state index is 8.25. The van der Waals surface area contributed by atoms with E-state index in [0.29, 0.717) is 0 Å². The summed E-state index contributed by atoms with van der Waals surface area (Å²) in [6.07, 6.45) is 14.5. The van der Waals surface area contributed by atoms with Gasteiger partial charge in [-0.05, 0) is 12.8 Å². The van der Waals surface area contributed by atoms with Gasteiger partial charge in [0, 0.05) is 0 Å². The molecule has 0 spiro atoms. The lowest BCUT2D eigenvalue weighted by Crippen LogP contribution is -2.79. The summed E-state index contributed by atoms with van der Waals surface area (Å²) in [6, 6.07) is 0. The maximum Gasteiger partial charge on any atom is 0.0753 e. The third-order valence-corrected chi connectivity index (χ3v) is 2.85. The molecule has 0 atom stereocenters. The van der Waals surface area contributed by atoms with E-state index in [1.54, 1.807) is 0 Å². The average Bonchev–Trinajstić information content (AvgIpc) is 2.31. The summed E-state index contributed by atoms with van der Waals surface area (Å²) in [5.41, 5.74) is 0. The zero-order valence-corrected chi connectivity index (χ0v) is 12.0. The fourth-order valence-corrected chi connectivity index (χ4v) is 1.84. The van der Waals surface area contributed by atoms with Crippen LogP contribution in [0.25, 0.3) is 0 Å². The summed E-state index contributed by atoms with van der Waals surface area (Å²) >= 11 is 0. The van der Waals surface area contributed by atoms with Crippen molar-refractivity contribution in [3.05, 3.63) is 15.3 Å². The second-order valence-electron chi connectivity index (χ2n) is 4.60. The highest BCUT2D eigenvalue weighted by atomic mass is 16.9. The summed E-state index contributed by atoms with van der Waals surface area (Å²) in [5.74, 6) is 0. The lowest BCUT2D eigenvalue weighted by atomic mass is 10.1. The summed E-state index contributed by atoms with van der Waals surface area (Å²) in [6.45, 7) is 3.60. The van der Waals surface area contributed by atoms with E-state index in [9.17, 15) is 0 Å². The molecule has 0 radical (unpaired) electrons. The largest absolute Gasteiger partial charge is 0.356 e. The molecule has 0 rings (SSSR count). The van der Waals surface area contributed by atoms with Gasteiger partial charge in [0.2, 0.25) is 0 Å². The van der Waals surface area contributed by atoms with Gasteiger partial charge >= 0.3 is 0 Å². The Hall–Kier alpha value is -0.840. The number of quaternary nitrogens is 1. The first-order valence-electron chi connectivity index (χ1n) is 7.24. The Labute approximate surface area is 111 Å². The molecule has 0 aromatic carbocycles. The van der Waals surface area contributed by atoms with Gasteiger partial charge in [-0.3, -0.25) is 0 Å². The third kappa shape index (κ3) is 29.4. The second-order valence-corrected chi connectivity index (χ2v) is 4.60. The highest BCUT2D eigenvalue weighted by molar-refractivity contribution is 4.46. The Bertz CT molecular complexity index is 150. The van der Waals surface area contributed by atoms with Gasteiger partial charge in [-0.25, -0.2) is 0 Å². The highest BCUT2D eigenvalue weighted by Crippen LogP contribution is 2.09. The van der Waals surface area contributed by atoms with Gasteiger partial charge in [-0.15, -0.1) is 0 Å². The standard InChI is InChI=1S/C13H29N.NO3/c1-3-4-5-6-7-8-9-10-11-12-13-14-2;2-1(3)4/h14H,3-13H2,1-2H3;/q;-1/p+1. The van der Waals surface area contributed by atoms with Crippen molar-refractivity contribution in [3.8, 4) is 0 Å². The van der Waals surface area contributed by atoms with E-state index in [1.165, 1.54) is 70.8 Å². The van der Waals surface area contributed by atoms with Gasteiger partial charge in [0.1, 0.15) is 0 Å². The summed E-state index contributed by atoms with van der Waals surface area (Å²) in [4.78, 5) is 8.25. The van der Waals surface area contributed by atoms with E-state index in [-0.39, 0.29) is 0 Å². The van der Waals surface area contributed by atoms with Crippen molar-refractivity contribution >= 4 is 0 Å². The van der Waals surface area contributed by atoms with Gasteiger partial charge in [-0.1, -0.05) is 58.3 Å². The molecule has 0 unspecified atom stereocenters. The molecular formula is C13H30N2O3. The van der Waals surface area contributed by atoms with Gasteiger partial charge in [0.25, 0.3) is 0 Å². The van der Waals surface area contributed by atoms with Gasteiger partial charge in [0.15, 0.2) is 0 Å². The first-order chi connectivity index (χ1) is 8.65. The molecule has 0 fully saturated rings. The summed E-state index contributed by atoms with van der Waals surface area (Å²) < 4.78 is 0. The van der Waals surface area contributed by atoms with E-state index < -0.39 is 5.09 Å². The van der Waals surface area contributed by atoms with Crippen LogP contribution in [-0.4, -0.2) is 18.7 Å². The van der Waals surface area contributed by atoms with Crippen LogP contribution in [0, 0.1) is 15.3 Å². The minimum atomic E-state index is -1.75. The van der Waals surface area contributed by atoms with Crippen LogP contribution in [0.3, 0.4) is 0 Å². The van der Waals surface area contributed by atoms with Crippen molar-refractivity contribution in [2.45, 2.75) is 71.1 Å². The van der Waals surface area contributed by atoms with Gasteiger partial charge in [-0.2, -0.15) is 0 Å². The summed E-state index contributed by atoms with van der Waals surface area (Å²) in [5, 5.41) is 17.0. The molecule has 0 saturated heterocycles. The fourth-order valence-electron chi connectivity index (χ4n) is 1.84. The normalized spacial score (nSPS) is 9.67. The summed E-state index contributed by atoms with van der Waals surface area (Å²) in [7, 11) is 2.16. The lowest BCUT2D eigenvalue weighted by molar-refractivity contribution is -0.627. The average molecular weight is 262 g/mol. The predicted octanol–water partition coefficient (Wildman–Crippen LogP) is 2.86. The molecule has 5 nitrogen and oxygen atoms in total. The number of nitrogens with zero attached hydrogens (tertiary/aromatic N) is 1. The molecule has 0 saturated carbocycles. The molecule has 0 amide bonds. The molecule has 0 aliphatic heterocycles. The van der Waals surface area contributed by atoms with Crippen LogP contribution >= 0.6 is 0 Å². The lowest BCUT2D eigenvalue weighted by Gasteiger charge is -2.01. The Kier molecular flexibility index (Phi) is 20.1. The molecule has 0 aromatic heterocycles. The van der Waals surface area contributed by atoms with E-state index in [1.807, 2.05) is 0 Å². The Morgan fingerprint density at radius 1 is 0.833 bits per heavy atom. The number of unbranched alkanes of at least 4 members (excludes halogenated alkanes) is 9. The van der Waals surface area contributed by atoms with Gasteiger partial charge in [0.05, 0.1) is 18.7 Å². The molecule has 0 bridgehead atoms.